The van der Waals surface area contributed by atoms with Gasteiger partial charge in [0.25, 0.3) is 0 Å². The molecule has 178 valence electrons. The Morgan fingerprint density at radius 1 is 0.742 bits per heavy atom. The summed E-state index contributed by atoms with van der Waals surface area (Å²) in [6, 6.07) is 0. The van der Waals surface area contributed by atoms with Crippen molar-refractivity contribution in [2.75, 3.05) is 19.8 Å². The molecule has 0 unspecified atom stereocenters. The van der Waals surface area contributed by atoms with E-state index in [1.165, 1.54) is 13.8 Å². The summed E-state index contributed by atoms with van der Waals surface area (Å²) in [5, 5.41) is 8.84. The maximum absolute atomic E-state index is 11.7. The van der Waals surface area contributed by atoms with Gasteiger partial charge in [-0.1, -0.05) is 12.8 Å². The second-order valence-electron chi connectivity index (χ2n) is 7.08. The van der Waals surface area contributed by atoms with E-state index in [1.807, 2.05) is 0 Å². The molecule has 0 aliphatic carbocycles. The number of unbranched alkanes of at least 4 members (excludes halogenated alkanes) is 3. The third-order valence-corrected chi connectivity index (χ3v) is 4.28. The highest BCUT2D eigenvalue weighted by Gasteiger charge is 2.52. The molecule has 1 aliphatic rings. The average Bonchev–Trinajstić information content (AvgIpc) is 2.66. The lowest BCUT2D eigenvalue weighted by atomic mass is 9.98. The van der Waals surface area contributed by atoms with Gasteiger partial charge in [0.15, 0.2) is 24.6 Å². The first kappa shape index (κ1) is 26.8. The topological polar surface area (TPSA) is 144 Å². The van der Waals surface area contributed by atoms with Crippen LogP contribution in [0.15, 0.2) is 0 Å². The average molecular weight is 448 g/mol. The van der Waals surface area contributed by atoms with Crippen LogP contribution < -0.4 is 0 Å². The Bertz CT molecular complexity index is 606. The second-order valence-corrected chi connectivity index (χ2v) is 7.08. The summed E-state index contributed by atoms with van der Waals surface area (Å²) in [6.45, 7) is 4.73. The zero-order chi connectivity index (χ0) is 23.4. The molecule has 1 heterocycles. The molecule has 31 heavy (non-hydrogen) atoms. The number of ether oxygens (including phenoxy) is 6. The van der Waals surface area contributed by atoms with Gasteiger partial charge in [0.05, 0.1) is 0 Å². The summed E-state index contributed by atoms with van der Waals surface area (Å²) in [4.78, 5) is 46.3. The van der Waals surface area contributed by atoms with Gasteiger partial charge in [-0.25, -0.2) is 0 Å². The summed E-state index contributed by atoms with van der Waals surface area (Å²) >= 11 is 0. The monoisotopic (exact) mass is 448 g/mol. The fraction of sp³-hybridized carbons (Fsp3) is 0.800. The number of esters is 4. The molecule has 1 fully saturated rings. The highest BCUT2D eigenvalue weighted by atomic mass is 16.7. The van der Waals surface area contributed by atoms with Crippen molar-refractivity contribution in [3.63, 3.8) is 0 Å². The maximum Gasteiger partial charge on any atom is 0.303 e. The maximum atomic E-state index is 11.7. The van der Waals surface area contributed by atoms with Gasteiger partial charge in [-0.2, -0.15) is 0 Å². The van der Waals surface area contributed by atoms with Crippen molar-refractivity contribution in [3.05, 3.63) is 0 Å². The van der Waals surface area contributed by atoms with E-state index in [4.69, 9.17) is 33.5 Å². The van der Waals surface area contributed by atoms with E-state index >= 15 is 0 Å². The van der Waals surface area contributed by atoms with Crippen molar-refractivity contribution in [2.45, 2.75) is 84.1 Å². The standard InChI is InChI=1S/C20H32O11/c1-12(22)27-11-16-17(28-13(2)23)18(29-14(3)24)19(30-15(4)25)20(31-16)26-10-8-6-5-7-9-21/h16-21H,5-11H2,1-4H3/t16-,17-,18+,19-,20-/m1/s1. The molecule has 1 aliphatic heterocycles. The van der Waals surface area contributed by atoms with Crippen LogP contribution >= 0.6 is 0 Å². The largest absolute Gasteiger partial charge is 0.463 e. The summed E-state index contributed by atoms with van der Waals surface area (Å²) in [6.07, 6.45) is -2.89. The Balaban J connectivity index is 3.07. The van der Waals surface area contributed by atoms with E-state index in [2.05, 4.69) is 0 Å². The molecular formula is C20H32O11. The van der Waals surface area contributed by atoms with Crippen LogP contribution in [0.3, 0.4) is 0 Å². The minimum absolute atomic E-state index is 0.112. The van der Waals surface area contributed by atoms with Gasteiger partial charge in [-0.3, -0.25) is 19.2 Å². The van der Waals surface area contributed by atoms with Gasteiger partial charge < -0.3 is 33.5 Å². The van der Waals surface area contributed by atoms with Crippen LogP contribution in [0, 0.1) is 0 Å². The Morgan fingerprint density at radius 3 is 1.84 bits per heavy atom. The van der Waals surface area contributed by atoms with Crippen LogP contribution in [-0.4, -0.2) is 79.5 Å². The summed E-state index contributed by atoms with van der Waals surface area (Å²) in [5.74, 6) is -2.65. The molecule has 0 saturated carbocycles. The Kier molecular flexibility index (Phi) is 12.1. The Labute approximate surface area is 181 Å². The van der Waals surface area contributed by atoms with Crippen molar-refractivity contribution in [3.8, 4) is 0 Å². The van der Waals surface area contributed by atoms with Crippen LogP contribution in [0.4, 0.5) is 0 Å². The van der Waals surface area contributed by atoms with E-state index in [0.29, 0.717) is 12.8 Å². The third kappa shape index (κ3) is 10.1. The van der Waals surface area contributed by atoms with Gasteiger partial charge in [0, 0.05) is 40.9 Å². The molecule has 0 aromatic rings. The van der Waals surface area contributed by atoms with Crippen molar-refractivity contribution in [1.29, 1.82) is 0 Å². The lowest BCUT2D eigenvalue weighted by Gasteiger charge is -2.44. The van der Waals surface area contributed by atoms with E-state index in [-0.39, 0.29) is 19.8 Å². The van der Waals surface area contributed by atoms with E-state index < -0.39 is 54.6 Å². The summed E-state index contributed by atoms with van der Waals surface area (Å²) < 4.78 is 32.5. The smallest absolute Gasteiger partial charge is 0.303 e. The minimum Gasteiger partial charge on any atom is -0.463 e. The van der Waals surface area contributed by atoms with Gasteiger partial charge in [0.1, 0.15) is 12.7 Å². The zero-order valence-electron chi connectivity index (χ0n) is 18.4. The molecule has 1 rings (SSSR count). The molecule has 0 radical (unpaired) electrons. The van der Waals surface area contributed by atoms with Crippen molar-refractivity contribution in [2.24, 2.45) is 0 Å². The zero-order valence-corrected chi connectivity index (χ0v) is 18.4. The molecular weight excluding hydrogens is 416 g/mol. The first-order chi connectivity index (χ1) is 14.6. The molecule has 0 spiro atoms. The van der Waals surface area contributed by atoms with E-state index in [9.17, 15) is 19.2 Å². The molecule has 0 aromatic carbocycles. The molecule has 0 bridgehead atoms. The fourth-order valence-corrected chi connectivity index (χ4v) is 3.09. The number of hydrogen-bond acceptors (Lipinski definition) is 11. The highest BCUT2D eigenvalue weighted by molar-refractivity contribution is 5.68. The number of carbonyl (C=O) groups is 4. The Morgan fingerprint density at radius 2 is 1.29 bits per heavy atom. The van der Waals surface area contributed by atoms with Gasteiger partial charge in [-0.05, 0) is 12.8 Å². The normalized spacial score (nSPS) is 25.4. The minimum atomic E-state index is -1.24. The molecule has 1 saturated heterocycles. The lowest BCUT2D eigenvalue weighted by Crippen LogP contribution is -2.63. The van der Waals surface area contributed by atoms with E-state index in [1.54, 1.807) is 0 Å². The van der Waals surface area contributed by atoms with E-state index in [0.717, 1.165) is 26.7 Å². The number of rotatable bonds is 12. The summed E-state index contributed by atoms with van der Waals surface area (Å²) in [7, 11) is 0. The first-order valence-corrected chi connectivity index (χ1v) is 10.2. The van der Waals surface area contributed by atoms with Crippen LogP contribution in [0.25, 0.3) is 0 Å². The van der Waals surface area contributed by atoms with Crippen molar-refractivity contribution in [1.82, 2.24) is 0 Å². The van der Waals surface area contributed by atoms with Crippen LogP contribution in [0.1, 0.15) is 53.4 Å². The first-order valence-electron chi connectivity index (χ1n) is 10.2. The number of aliphatic hydroxyl groups is 1. The third-order valence-electron chi connectivity index (χ3n) is 4.28. The van der Waals surface area contributed by atoms with Crippen LogP contribution in [0.5, 0.6) is 0 Å². The SMILES string of the molecule is CC(=O)OC[C@H]1O[C@@H](OCCCCCCO)[C@H](OC(C)=O)[C@@H](OC(C)=O)[C@@H]1OC(C)=O. The fourth-order valence-electron chi connectivity index (χ4n) is 3.09. The summed E-state index contributed by atoms with van der Waals surface area (Å²) in [5.41, 5.74) is 0. The van der Waals surface area contributed by atoms with Crippen LogP contribution in [0.2, 0.25) is 0 Å². The van der Waals surface area contributed by atoms with Crippen molar-refractivity contribution >= 4 is 23.9 Å². The van der Waals surface area contributed by atoms with Gasteiger partial charge >= 0.3 is 23.9 Å². The van der Waals surface area contributed by atoms with Crippen LogP contribution in [-0.2, 0) is 47.6 Å². The van der Waals surface area contributed by atoms with Gasteiger partial charge in [0.2, 0.25) is 0 Å². The number of hydrogen-bond donors (Lipinski definition) is 1. The highest BCUT2D eigenvalue weighted by Crippen LogP contribution is 2.30. The number of carbonyl (C=O) groups excluding carboxylic acids is 4. The molecule has 0 aromatic heterocycles. The molecule has 0 amide bonds. The predicted molar refractivity (Wildman–Crippen MR) is 103 cm³/mol. The quantitative estimate of drug-likeness (QED) is 0.255. The second kappa shape index (κ2) is 13.9. The predicted octanol–water partition coefficient (Wildman–Crippen LogP) is 0.639. The lowest BCUT2D eigenvalue weighted by molar-refractivity contribution is -0.308. The molecule has 11 heteroatoms. The van der Waals surface area contributed by atoms with Crippen molar-refractivity contribution < 1.29 is 52.7 Å². The molecule has 11 nitrogen and oxygen atoms in total. The molecule has 5 atom stereocenters. The number of aliphatic hydroxyl groups excluding tert-OH is 1. The molecule has 1 N–H and O–H groups in total. The Hall–Kier alpha value is -2.24. The van der Waals surface area contributed by atoms with Gasteiger partial charge in [-0.15, -0.1) is 0 Å².